The molecule has 0 saturated heterocycles. The molecule has 1 aromatic heterocycles. The van der Waals surface area contributed by atoms with Crippen LogP contribution in [-0.2, 0) is 13.0 Å². The third kappa shape index (κ3) is 2.60. The lowest BCUT2D eigenvalue weighted by molar-refractivity contribution is 0.167. The largest absolute Gasteiger partial charge is 0.396 e. The quantitative estimate of drug-likeness (QED) is 0.621. The molecular weight excluding hydrogens is 158 g/mol. The van der Waals surface area contributed by atoms with Crippen molar-refractivity contribution in [3.63, 3.8) is 0 Å². The zero-order valence-corrected chi connectivity index (χ0v) is 7.01. The van der Waals surface area contributed by atoms with Crippen LogP contribution in [0.4, 0.5) is 0 Å². The molecule has 12 heavy (non-hydrogen) atoms. The van der Waals surface area contributed by atoms with E-state index >= 15 is 0 Å². The van der Waals surface area contributed by atoms with Gasteiger partial charge >= 0.3 is 0 Å². The summed E-state index contributed by atoms with van der Waals surface area (Å²) in [5, 5.41) is 25.2. The molecule has 0 aliphatic heterocycles. The molecule has 0 spiro atoms. The van der Waals surface area contributed by atoms with Crippen LogP contribution in [0.3, 0.4) is 0 Å². The molecule has 0 radical (unpaired) electrons. The lowest BCUT2D eigenvalue weighted by Gasteiger charge is -2.01. The number of aliphatic hydroxyl groups excluding tert-OH is 2. The van der Waals surface area contributed by atoms with Crippen molar-refractivity contribution in [1.82, 2.24) is 15.0 Å². The highest BCUT2D eigenvalue weighted by molar-refractivity contribution is 4.92. The Balaban J connectivity index is 2.52. The van der Waals surface area contributed by atoms with Gasteiger partial charge in [0, 0.05) is 19.2 Å². The summed E-state index contributed by atoms with van der Waals surface area (Å²) < 4.78 is 1.57. The van der Waals surface area contributed by atoms with Crippen LogP contribution in [0.25, 0.3) is 0 Å². The fourth-order valence-corrected chi connectivity index (χ4v) is 0.928. The van der Waals surface area contributed by atoms with Crippen molar-refractivity contribution in [1.29, 1.82) is 0 Å². The second kappa shape index (κ2) is 4.18. The molecule has 0 aromatic carbocycles. The number of hydrogen-bond acceptors (Lipinski definition) is 4. The molecule has 0 saturated carbocycles. The van der Waals surface area contributed by atoms with E-state index < -0.39 is 6.10 Å². The van der Waals surface area contributed by atoms with Crippen molar-refractivity contribution >= 4 is 0 Å². The predicted octanol–water partition coefficient (Wildman–Crippen LogP) is -0.806. The monoisotopic (exact) mass is 171 g/mol. The van der Waals surface area contributed by atoms with Crippen LogP contribution in [-0.4, -0.2) is 37.9 Å². The van der Waals surface area contributed by atoms with E-state index in [0.717, 1.165) is 5.69 Å². The molecule has 5 heteroatoms. The molecule has 0 bridgehead atoms. The van der Waals surface area contributed by atoms with Crippen molar-refractivity contribution in [2.75, 3.05) is 6.61 Å². The number of rotatable bonds is 4. The predicted molar refractivity (Wildman–Crippen MR) is 42.5 cm³/mol. The first-order chi connectivity index (χ1) is 5.72. The third-order valence-corrected chi connectivity index (χ3v) is 1.41. The fourth-order valence-electron chi connectivity index (χ4n) is 0.928. The van der Waals surface area contributed by atoms with Gasteiger partial charge in [-0.15, -0.1) is 5.10 Å². The first-order valence-corrected chi connectivity index (χ1v) is 3.90. The van der Waals surface area contributed by atoms with E-state index in [1.165, 1.54) is 0 Å². The minimum atomic E-state index is -0.423. The molecule has 1 atom stereocenters. The maximum absolute atomic E-state index is 9.01. The Kier molecular flexibility index (Phi) is 3.19. The summed E-state index contributed by atoms with van der Waals surface area (Å²) in [6.07, 6.45) is 1.82. The SMILES string of the molecule is CC(O)Cn1cc(CCO)nn1. The molecule has 1 aromatic rings. The second-order valence-electron chi connectivity index (χ2n) is 2.75. The Morgan fingerprint density at radius 2 is 2.42 bits per heavy atom. The van der Waals surface area contributed by atoms with Gasteiger partial charge in [0.15, 0.2) is 0 Å². The van der Waals surface area contributed by atoms with E-state index in [9.17, 15) is 0 Å². The van der Waals surface area contributed by atoms with Crippen molar-refractivity contribution in [2.45, 2.75) is 26.0 Å². The highest BCUT2D eigenvalue weighted by Crippen LogP contribution is 1.95. The summed E-state index contributed by atoms with van der Waals surface area (Å²) in [6.45, 7) is 2.21. The molecule has 1 heterocycles. The zero-order chi connectivity index (χ0) is 8.97. The Bertz CT molecular complexity index is 234. The molecular formula is C7H13N3O2. The summed E-state index contributed by atoms with van der Waals surface area (Å²) in [6, 6.07) is 0. The average molecular weight is 171 g/mol. The van der Waals surface area contributed by atoms with Crippen LogP contribution >= 0.6 is 0 Å². The van der Waals surface area contributed by atoms with Crippen molar-refractivity contribution < 1.29 is 10.2 Å². The normalized spacial score (nSPS) is 13.2. The Hall–Kier alpha value is -0.940. The van der Waals surface area contributed by atoms with Gasteiger partial charge in [-0.25, -0.2) is 4.68 Å². The summed E-state index contributed by atoms with van der Waals surface area (Å²) in [5.41, 5.74) is 0.748. The van der Waals surface area contributed by atoms with Crippen molar-refractivity contribution in [2.24, 2.45) is 0 Å². The summed E-state index contributed by atoms with van der Waals surface area (Å²) >= 11 is 0. The van der Waals surface area contributed by atoms with Gasteiger partial charge in [-0.3, -0.25) is 0 Å². The van der Waals surface area contributed by atoms with Crippen LogP contribution in [0.5, 0.6) is 0 Å². The van der Waals surface area contributed by atoms with Gasteiger partial charge in [0.05, 0.1) is 18.3 Å². The molecule has 0 aliphatic rings. The van der Waals surface area contributed by atoms with Gasteiger partial charge < -0.3 is 10.2 Å². The van der Waals surface area contributed by atoms with Gasteiger partial charge in [0.2, 0.25) is 0 Å². The lowest BCUT2D eigenvalue weighted by Crippen LogP contribution is -2.12. The summed E-state index contributed by atoms with van der Waals surface area (Å²) in [7, 11) is 0. The van der Waals surface area contributed by atoms with Crippen LogP contribution in [0.1, 0.15) is 12.6 Å². The summed E-state index contributed by atoms with van der Waals surface area (Å²) in [4.78, 5) is 0. The van der Waals surface area contributed by atoms with Crippen LogP contribution < -0.4 is 0 Å². The molecule has 1 rings (SSSR count). The maximum Gasteiger partial charge on any atom is 0.0849 e. The maximum atomic E-state index is 9.01. The van der Waals surface area contributed by atoms with Gasteiger partial charge in [0.25, 0.3) is 0 Å². The lowest BCUT2D eigenvalue weighted by atomic mass is 10.3. The van der Waals surface area contributed by atoms with Gasteiger partial charge in [-0.05, 0) is 6.92 Å². The Morgan fingerprint density at radius 1 is 1.67 bits per heavy atom. The van der Waals surface area contributed by atoms with E-state index in [4.69, 9.17) is 10.2 Å². The van der Waals surface area contributed by atoms with E-state index in [1.807, 2.05) is 0 Å². The molecule has 0 aliphatic carbocycles. The fraction of sp³-hybridized carbons (Fsp3) is 0.714. The van der Waals surface area contributed by atoms with Crippen molar-refractivity contribution in [3.8, 4) is 0 Å². The topological polar surface area (TPSA) is 71.2 Å². The number of nitrogens with zero attached hydrogens (tertiary/aromatic N) is 3. The standard InChI is InChI=1S/C7H13N3O2/c1-6(12)4-10-5-7(2-3-11)8-9-10/h5-6,11-12H,2-4H2,1H3. The number of hydrogen-bond donors (Lipinski definition) is 2. The number of aromatic nitrogens is 3. The average Bonchev–Trinajstić information content (AvgIpc) is 2.36. The Labute approximate surface area is 70.6 Å². The highest BCUT2D eigenvalue weighted by Gasteiger charge is 2.01. The van der Waals surface area contributed by atoms with Gasteiger partial charge in [-0.1, -0.05) is 5.21 Å². The molecule has 2 N–H and O–H groups in total. The van der Waals surface area contributed by atoms with Gasteiger partial charge in [-0.2, -0.15) is 0 Å². The smallest absolute Gasteiger partial charge is 0.0849 e. The first-order valence-electron chi connectivity index (χ1n) is 3.90. The molecule has 1 unspecified atom stereocenters. The minimum Gasteiger partial charge on any atom is -0.396 e. The van der Waals surface area contributed by atoms with E-state index in [0.29, 0.717) is 13.0 Å². The van der Waals surface area contributed by atoms with Gasteiger partial charge in [0.1, 0.15) is 0 Å². The van der Waals surface area contributed by atoms with Crippen LogP contribution in [0, 0.1) is 0 Å². The van der Waals surface area contributed by atoms with Crippen LogP contribution in [0.15, 0.2) is 6.20 Å². The van der Waals surface area contributed by atoms with Crippen LogP contribution in [0.2, 0.25) is 0 Å². The van der Waals surface area contributed by atoms with E-state index in [2.05, 4.69) is 10.3 Å². The van der Waals surface area contributed by atoms with E-state index in [-0.39, 0.29) is 6.61 Å². The number of aliphatic hydroxyl groups is 2. The molecule has 68 valence electrons. The molecule has 5 nitrogen and oxygen atoms in total. The van der Waals surface area contributed by atoms with Crippen molar-refractivity contribution in [3.05, 3.63) is 11.9 Å². The summed E-state index contributed by atoms with van der Waals surface area (Å²) in [5.74, 6) is 0. The molecule has 0 amide bonds. The first kappa shape index (κ1) is 9.15. The molecule has 0 fully saturated rings. The van der Waals surface area contributed by atoms with E-state index in [1.54, 1.807) is 17.8 Å². The Morgan fingerprint density at radius 3 is 3.00 bits per heavy atom. The third-order valence-electron chi connectivity index (χ3n) is 1.41. The zero-order valence-electron chi connectivity index (χ0n) is 7.01. The highest BCUT2D eigenvalue weighted by atomic mass is 16.3. The second-order valence-corrected chi connectivity index (χ2v) is 2.75. The minimum absolute atomic E-state index is 0.0768.